The standard InChI is InChI=1S/C14H19NO3S/c1-3-11-7-8-12(19-11)14(17)15(10-5-6-10)9-13(16)18-4-2/h7-8,10H,3-6,9H2,1-2H3. The number of thiophene rings is 1. The predicted molar refractivity (Wildman–Crippen MR) is 74.4 cm³/mol. The van der Waals surface area contributed by atoms with E-state index in [1.54, 1.807) is 11.8 Å². The summed E-state index contributed by atoms with van der Waals surface area (Å²) in [5.74, 6) is -0.365. The summed E-state index contributed by atoms with van der Waals surface area (Å²) >= 11 is 1.51. The summed E-state index contributed by atoms with van der Waals surface area (Å²) in [5, 5.41) is 0. The van der Waals surface area contributed by atoms with E-state index in [9.17, 15) is 9.59 Å². The molecule has 0 N–H and O–H groups in total. The molecule has 0 aromatic carbocycles. The predicted octanol–water partition coefficient (Wildman–Crippen LogP) is 2.48. The van der Waals surface area contributed by atoms with Gasteiger partial charge < -0.3 is 9.64 Å². The molecule has 1 aliphatic rings. The van der Waals surface area contributed by atoms with Crippen molar-refractivity contribution in [2.45, 2.75) is 39.2 Å². The number of carbonyl (C=O) groups excluding carboxylic acids is 2. The highest BCUT2D eigenvalue weighted by molar-refractivity contribution is 7.14. The average molecular weight is 281 g/mol. The summed E-state index contributed by atoms with van der Waals surface area (Å²) < 4.78 is 4.93. The molecule has 2 rings (SSSR count). The summed E-state index contributed by atoms with van der Waals surface area (Å²) in [7, 11) is 0. The van der Waals surface area contributed by atoms with Crippen molar-refractivity contribution in [3.8, 4) is 0 Å². The van der Waals surface area contributed by atoms with Crippen LogP contribution in [0, 0.1) is 0 Å². The Balaban J connectivity index is 2.06. The number of esters is 1. The number of carbonyl (C=O) groups is 2. The third kappa shape index (κ3) is 3.56. The molecule has 1 fully saturated rings. The molecule has 0 bridgehead atoms. The maximum Gasteiger partial charge on any atom is 0.325 e. The molecular weight excluding hydrogens is 262 g/mol. The molecule has 19 heavy (non-hydrogen) atoms. The van der Waals surface area contributed by atoms with Crippen LogP contribution in [-0.2, 0) is 16.0 Å². The molecule has 5 heteroatoms. The number of aryl methyl sites for hydroxylation is 1. The van der Waals surface area contributed by atoms with Gasteiger partial charge in [-0.3, -0.25) is 9.59 Å². The maximum absolute atomic E-state index is 12.4. The smallest absolute Gasteiger partial charge is 0.325 e. The van der Waals surface area contributed by atoms with Crippen LogP contribution in [0.25, 0.3) is 0 Å². The van der Waals surface area contributed by atoms with Crippen molar-refractivity contribution in [2.75, 3.05) is 13.2 Å². The third-order valence-corrected chi connectivity index (χ3v) is 4.29. The first-order valence-corrected chi connectivity index (χ1v) is 7.52. The van der Waals surface area contributed by atoms with Gasteiger partial charge in [-0.15, -0.1) is 11.3 Å². The topological polar surface area (TPSA) is 46.6 Å². The summed E-state index contributed by atoms with van der Waals surface area (Å²) in [4.78, 5) is 27.6. The Morgan fingerprint density at radius 1 is 1.37 bits per heavy atom. The fourth-order valence-electron chi connectivity index (χ4n) is 1.92. The van der Waals surface area contributed by atoms with Crippen LogP contribution in [-0.4, -0.2) is 36.0 Å². The number of nitrogens with zero attached hydrogens (tertiary/aromatic N) is 1. The van der Waals surface area contributed by atoms with E-state index in [4.69, 9.17) is 4.74 Å². The zero-order chi connectivity index (χ0) is 13.8. The molecule has 1 aromatic rings. The van der Waals surface area contributed by atoms with Gasteiger partial charge in [0, 0.05) is 10.9 Å². The van der Waals surface area contributed by atoms with Gasteiger partial charge >= 0.3 is 5.97 Å². The van der Waals surface area contributed by atoms with E-state index in [0.717, 1.165) is 19.3 Å². The Morgan fingerprint density at radius 2 is 2.11 bits per heavy atom. The van der Waals surface area contributed by atoms with Gasteiger partial charge in [0.15, 0.2) is 0 Å². The second kappa shape index (κ2) is 6.19. The zero-order valence-corrected chi connectivity index (χ0v) is 12.2. The lowest BCUT2D eigenvalue weighted by molar-refractivity contribution is -0.143. The van der Waals surface area contributed by atoms with E-state index < -0.39 is 0 Å². The van der Waals surface area contributed by atoms with Crippen molar-refractivity contribution in [3.05, 3.63) is 21.9 Å². The molecular formula is C14H19NO3S. The fourth-order valence-corrected chi connectivity index (χ4v) is 2.83. The molecule has 0 atom stereocenters. The van der Waals surface area contributed by atoms with Gasteiger partial charge in [0.2, 0.25) is 0 Å². The Kier molecular flexibility index (Phi) is 4.58. The lowest BCUT2D eigenvalue weighted by atomic mass is 10.3. The Bertz CT molecular complexity index is 465. The van der Waals surface area contributed by atoms with Crippen LogP contribution in [0.3, 0.4) is 0 Å². The number of hydrogen-bond acceptors (Lipinski definition) is 4. The average Bonchev–Trinajstić information content (AvgIpc) is 3.12. The van der Waals surface area contributed by atoms with Crippen molar-refractivity contribution >= 4 is 23.2 Å². The summed E-state index contributed by atoms with van der Waals surface area (Å²) in [6.07, 6.45) is 2.90. The second-order valence-corrected chi connectivity index (χ2v) is 5.76. The molecule has 104 valence electrons. The molecule has 0 aliphatic heterocycles. The van der Waals surface area contributed by atoms with Crippen LogP contribution in [0.5, 0.6) is 0 Å². The minimum atomic E-state index is -0.324. The van der Waals surface area contributed by atoms with Crippen LogP contribution < -0.4 is 0 Å². The van der Waals surface area contributed by atoms with E-state index in [1.807, 2.05) is 12.1 Å². The molecule has 0 spiro atoms. The highest BCUT2D eigenvalue weighted by atomic mass is 32.1. The number of rotatable bonds is 6. The highest BCUT2D eigenvalue weighted by Gasteiger charge is 2.35. The van der Waals surface area contributed by atoms with Gasteiger partial charge in [-0.2, -0.15) is 0 Å². The first-order chi connectivity index (χ1) is 9.15. The zero-order valence-electron chi connectivity index (χ0n) is 11.3. The first-order valence-electron chi connectivity index (χ1n) is 6.71. The van der Waals surface area contributed by atoms with E-state index in [0.29, 0.717) is 11.5 Å². The maximum atomic E-state index is 12.4. The van der Waals surface area contributed by atoms with Crippen LogP contribution in [0.1, 0.15) is 41.2 Å². The van der Waals surface area contributed by atoms with Gasteiger partial charge in [-0.1, -0.05) is 6.92 Å². The molecule has 1 aliphatic carbocycles. The largest absolute Gasteiger partial charge is 0.465 e. The molecule has 1 aromatic heterocycles. The molecule has 1 saturated carbocycles. The number of hydrogen-bond donors (Lipinski definition) is 0. The SMILES string of the molecule is CCOC(=O)CN(C(=O)c1ccc(CC)s1)C1CC1. The Labute approximate surface area is 117 Å². The molecule has 4 nitrogen and oxygen atoms in total. The second-order valence-electron chi connectivity index (χ2n) is 4.59. The summed E-state index contributed by atoms with van der Waals surface area (Å²) in [5.41, 5.74) is 0. The molecule has 1 heterocycles. The van der Waals surface area contributed by atoms with Crippen molar-refractivity contribution in [1.29, 1.82) is 0 Å². The van der Waals surface area contributed by atoms with Crippen molar-refractivity contribution in [3.63, 3.8) is 0 Å². The molecule has 0 radical (unpaired) electrons. The Hall–Kier alpha value is -1.36. The monoisotopic (exact) mass is 281 g/mol. The third-order valence-electron chi connectivity index (χ3n) is 3.07. The minimum absolute atomic E-state index is 0.0414. The van der Waals surface area contributed by atoms with E-state index in [1.165, 1.54) is 16.2 Å². The van der Waals surface area contributed by atoms with Gasteiger partial charge in [-0.05, 0) is 38.3 Å². The number of amides is 1. The lowest BCUT2D eigenvalue weighted by Gasteiger charge is -2.20. The Morgan fingerprint density at radius 3 is 2.63 bits per heavy atom. The van der Waals surface area contributed by atoms with Gasteiger partial charge in [0.05, 0.1) is 11.5 Å². The first kappa shape index (κ1) is 14.1. The minimum Gasteiger partial charge on any atom is -0.465 e. The lowest BCUT2D eigenvalue weighted by Crippen LogP contribution is -2.37. The van der Waals surface area contributed by atoms with Crippen LogP contribution in [0.4, 0.5) is 0 Å². The normalized spacial score (nSPS) is 14.2. The van der Waals surface area contributed by atoms with Crippen LogP contribution in [0.15, 0.2) is 12.1 Å². The van der Waals surface area contributed by atoms with Crippen molar-refractivity contribution < 1.29 is 14.3 Å². The highest BCUT2D eigenvalue weighted by Crippen LogP contribution is 2.29. The van der Waals surface area contributed by atoms with Crippen molar-refractivity contribution in [2.24, 2.45) is 0 Å². The van der Waals surface area contributed by atoms with E-state index in [-0.39, 0.29) is 24.5 Å². The quantitative estimate of drug-likeness (QED) is 0.753. The van der Waals surface area contributed by atoms with Gasteiger partial charge in [0.1, 0.15) is 6.54 Å². The van der Waals surface area contributed by atoms with Crippen molar-refractivity contribution in [1.82, 2.24) is 4.90 Å². The van der Waals surface area contributed by atoms with Gasteiger partial charge in [0.25, 0.3) is 5.91 Å². The summed E-state index contributed by atoms with van der Waals surface area (Å²) in [6, 6.07) is 4.05. The van der Waals surface area contributed by atoms with E-state index in [2.05, 4.69) is 6.92 Å². The molecule has 0 saturated heterocycles. The fraction of sp³-hybridized carbons (Fsp3) is 0.571. The molecule has 0 unspecified atom stereocenters. The van der Waals surface area contributed by atoms with Gasteiger partial charge in [-0.25, -0.2) is 0 Å². The van der Waals surface area contributed by atoms with E-state index >= 15 is 0 Å². The van der Waals surface area contributed by atoms with Crippen LogP contribution >= 0.6 is 11.3 Å². The summed E-state index contributed by atoms with van der Waals surface area (Å²) in [6.45, 7) is 4.26. The molecule has 1 amide bonds. The van der Waals surface area contributed by atoms with Crippen LogP contribution in [0.2, 0.25) is 0 Å². The number of ether oxygens (including phenoxy) is 1.